The number of nitro benzene ring substituents is 1. The number of rotatable bonds is 9. The third-order valence-corrected chi connectivity index (χ3v) is 4.76. The van der Waals surface area contributed by atoms with Crippen molar-refractivity contribution in [1.29, 1.82) is 0 Å². The molecule has 170 valence electrons. The Morgan fingerprint density at radius 3 is 2.22 bits per heavy atom. The molecule has 0 fully saturated rings. The summed E-state index contributed by atoms with van der Waals surface area (Å²) >= 11 is 0. The smallest absolute Gasteiger partial charge is 0.329 e. The van der Waals surface area contributed by atoms with Gasteiger partial charge in [0.1, 0.15) is 6.04 Å². The third kappa shape index (κ3) is 6.87. The lowest BCUT2D eigenvalue weighted by molar-refractivity contribution is -0.384. The molecular weight excluding hydrogens is 442 g/mol. The maximum Gasteiger partial charge on any atom is 0.329 e. The molecule has 0 aliphatic carbocycles. The average molecular weight is 463 g/mol. The van der Waals surface area contributed by atoms with Crippen LogP contribution in [0.5, 0.6) is 0 Å². The van der Waals surface area contributed by atoms with Crippen molar-refractivity contribution < 1.29 is 32.5 Å². The van der Waals surface area contributed by atoms with E-state index in [0.29, 0.717) is 0 Å². The van der Waals surface area contributed by atoms with Gasteiger partial charge in [-0.05, 0) is 44.2 Å². The summed E-state index contributed by atoms with van der Waals surface area (Å²) in [6, 6.07) is 9.42. The molecule has 1 amide bonds. The van der Waals surface area contributed by atoms with Gasteiger partial charge in [0.2, 0.25) is 15.8 Å². The summed E-state index contributed by atoms with van der Waals surface area (Å²) < 4.78 is 29.8. The highest BCUT2D eigenvalue weighted by Gasteiger charge is 2.25. The molecule has 0 heterocycles. The molecule has 0 aliphatic rings. The Morgan fingerprint density at radius 1 is 1.03 bits per heavy atom. The summed E-state index contributed by atoms with van der Waals surface area (Å²) in [6.07, 6.45) is -0.180. The number of non-ortho nitro benzene ring substituents is 1. The largest absolute Gasteiger partial charge is 0.453 e. The van der Waals surface area contributed by atoms with E-state index < -0.39 is 44.8 Å². The molecule has 32 heavy (non-hydrogen) atoms. The number of anilines is 1. The number of benzene rings is 2. The zero-order chi connectivity index (χ0) is 24.1. The van der Waals surface area contributed by atoms with Crippen molar-refractivity contribution >= 4 is 39.1 Å². The van der Waals surface area contributed by atoms with Gasteiger partial charge in [0.25, 0.3) is 11.6 Å². The number of ether oxygens (including phenoxy) is 1. The number of carbonyl (C=O) groups excluding carboxylic acids is 3. The monoisotopic (exact) mass is 463 g/mol. The van der Waals surface area contributed by atoms with E-state index in [2.05, 4.69) is 10.0 Å². The second-order valence-electron chi connectivity index (χ2n) is 6.90. The Morgan fingerprint density at radius 2 is 1.66 bits per heavy atom. The Hall–Kier alpha value is -3.80. The van der Waals surface area contributed by atoms with Crippen molar-refractivity contribution in [2.45, 2.75) is 26.0 Å². The van der Waals surface area contributed by atoms with Gasteiger partial charge in [0.15, 0.2) is 6.10 Å². The van der Waals surface area contributed by atoms with Gasteiger partial charge in [-0.3, -0.25) is 24.4 Å². The minimum absolute atomic E-state index is 0.00855. The van der Waals surface area contributed by atoms with E-state index in [1.807, 2.05) is 0 Å². The number of Topliss-reactive ketones (excluding diaryl/α,β-unsaturated/α-hetero) is 1. The second-order valence-corrected chi connectivity index (χ2v) is 8.65. The van der Waals surface area contributed by atoms with Gasteiger partial charge in [-0.25, -0.2) is 13.2 Å². The number of nitro groups is 1. The van der Waals surface area contributed by atoms with Gasteiger partial charge in [-0.1, -0.05) is 6.07 Å². The topological polar surface area (TPSA) is 162 Å². The molecule has 2 atom stereocenters. The maximum absolute atomic E-state index is 12.5. The van der Waals surface area contributed by atoms with Crippen LogP contribution < -0.4 is 10.0 Å². The first-order valence-corrected chi connectivity index (χ1v) is 11.1. The van der Waals surface area contributed by atoms with E-state index in [9.17, 15) is 32.9 Å². The highest BCUT2D eigenvalue weighted by atomic mass is 32.2. The molecular formula is C20H21N3O8S. The van der Waals surface area contributed by atoms with Crippen LogP contribution >= 0.6 is 0 Å². The number of hydrogen-bond acceptors (Lipinski definition) is 8. The fourth-order valence-corrected chi connectivity index (χ4v) is 3.14. The lowest BCUT2D eigenvalue weighted by Gasteiger charge is -2.17. The van der Waals surface area contributed by atoms with E-state index in [1.165, 1.54) is 56.3 Å². The minimum atomic E-state index is -3.46. The highest BCUT2D eigenvalue weighted by Crippen LogP contribution is 2.15. The van der Waals surface area contributed by atoms with Gasteiger partial charge in [0, 0.05) is 28.9 Å². The van der Waals surface area contributed by atoms with Gasteiger partial charge in [0.05, 0.1) is 11.2 Å². The summed E-state index contributed by atoms with van der Waals surface area (Å²) in [5, 5.41) is 13.2. The maximum atomic E-state index is 12.5. The minimum Gasteiger partial charge on any atom is -0.453 e. The van der Waals surface area contributed by atoms with Crippen LogP contribution in [0.1, 0.15) is 34.6 Å². The Balaban J connectivity index is 1.97. The Bertz CT molecular complexity index is 1150. The molecule has 12 heteroatoms. The first-order chi connectivity index (χ1) is 14.9. The lowest BCUT2D eigenvalue weighted by Crippen LogP contribution is -2.41. The van der Waals surface area contributed by atoms with Crippen LogP contribution in [-0.4, -0.2) is 49.4 Å². The molecule has 2 aromatic carbocycles. The number of esters is 1. The molecule has 2 N–H and O–H groups in total. The van der Waals surface area contributed by atoms with Gasteiger partial charge in [-0.2, -0.15) is 0 Å². The number of amides is 1. The quantitative estimate of drug-likeness (QED) is 0.247. The molecule has 2 unspecified atom stereocenters. The van der Waals surface area contributed by atoms with Gasteiger partial charge < -0.3 is 10.1 Å². The van der Waals surface area contributed by atoms with Crippen LogP contribution in [0.4, 0.5) is 11.4 Å². The van der Waals surface area contributed by atoms with Crippen molar-refractivity contribution in [2.75, 3.05) is 11.0 Å². The number of hydrogen-bond donors (Lipinski definition) is 2. The number of carbonyl (C=O) groups is 3. The molecule has 0 radical (unpaired) electrons. The number of nitrogens with zero attached hydrogens (tertiary/aromatic N) is 1. The predicted octanol–water partition coefficient (Wildman–Crippen LogP) is 1.90. The normalized spacial score (nSPS) is 12.8. The van der Waals surface area contributed by atoms with Crippen LogP contribution in [0.3, 0.4) is 0 Å². The Kier molecular flexibility index (Phi) is 7.65. The predicted molar refractivity (Wildman–Crippen MR) is 115 cm³/mol. The number of nitrogens with one attached hydrogen (secondary N) is 2. The lowest BCUT2D eigenvalue weighted by atomic mass is 10.1. The van der Waals surface area contributed by atoms with E-state index in [-0.39, 0.29) is 22.5 Å². The van der Waals surface area contributed by atoms with Crippen molar-refractivity contribution in [1.82, 2.24) is 5.32 Å². The fraction of sp³-hybridized carbons (Fsp3) is 0.250. The van der Waals surface area contributed by atoms with E-state index >= 15 is 0 Å². The summed E-state index contributed by atoms with van der Waals surface area (Å²) in [6.45, 7) is 2.71. The first-order valence-electron chi connectivity index (χ1n) is 9.25. The SMILES string of the molecule is CC(NC(=O)c1cccc([N+](=O)[O-])c1)C(=O)OC(C)C(=O)c1ccc(NS(C)(=O)=O)cc1. The summed E-state index contributed by atoms with van der Waals surface area (Å²) in [5.41, 5.74) is 0.180. The molecule has 0 bridgehead atoms. The third-order valence-electron chi connectivity index (χ3n) is 4.16. The highest BCUT2D eigenvalue weighted by molar-refractivity contribution is 7.92. The zero-order valence-corrected chi connectivity index (χ0v) is 18.2. The standard InChI is InChI=1S/C20H21N3O8S/c1-12(21-19(25)15-5-4-6-17(11-15)23(27)28)20(26)31-13(2)18(24)14-7-9-16(10-8-14)22-32(3,29)30/h4-13,22H,1-3H3,(H,21,25). The second kappa shape index (κ2) is 10.0. The summed E-state index contributed by atoms with van der Waals surface area (Å²) in [4.78, 5) is 47.2. The zero-order valence-electron chi connectivity index (χ0n) is 17.4. The van der Waals surface area contributed by atoms with Gasteiger partial charge >= 0.3 is 5.97 Å². The van der Waals surface area contributed by atoms with Crippen molar-refractivity contribution in [3.8, 4) is 0 Å². The first kappa shape index (κ1) is 24.5. The van der Waals surface area contributed by atoms with Crippen LogP contribution in [-0.2, 0) is 19.6 Å². The molecule has 0 saturated carbocycles. The average Bonchev–Trinajstić information content (AvgIpc) is 2.72. The van der Waals surface area contributed by atoms with Crippen molar-refractivity contribution in [3.63, 3.8) is 0 Å². The van der Waals surface area contributed by atoms with Crippen LogP contribution in [0.15, 0.2) is 48.5 Å². The van der Waals surface area contributed by atoms with Gasteiger partial charge in [-0.15, -0.1) is 0 Å². The van der Waals surface area contributed by atoms with E-state index in [4.69, 9.17) is 4.74 Å². The van der Waals surface area contributed by atoms with E-state index in [1.54, 1.807) is 0 Å². The molecule has 0 aromatic heterocycles. The summed E-state index contributed by atoms with van der Waals surface area (Å²) in [7, 11) is -3.46. The number of ketones is 1. The van der Waals surface area contributed by atoms with Crippen LogP contribution in [0.25, 0.3) is 0 Å². The summed E-state index contributed by atoms with van der Waals surface area (Å²) in [5.74, 6) is -2.12. The molecule has 11 nitrogen and oxygen atoms in total. The Labute approximate surface area is 184 Å². The molecule has 2 aromatic rings. The van der Waals surface area contributed by atoms with E-state index in [0.717, 1.165) is 12.3 Å². The fourth-order valence-electron chi connectivity index (χ4n) is 2.58. The van der Waals surface area contributed by atoms with Crippen molar-refractivity contribution in [3.05, 3.63) is 69.8 Å². The molecule has 0 aliphatic heterocycles. The van der Waals surface area contributed by atoms with Crippen LogP contribution in [0, 0.1) is 10.1 Å². The van der Waals surface area contributed by atoms with Crippen molar-refractivity contribution in [2.24, 2.45) is 0 Å². The molecule has 0 spiro atoms. The number of sulfonamides is 1. The van der Waals surface area contributed by atoms with Crippen LogP contribution in [0.2, 0.25) is 0 Å². The molecule has 0 saturated heterocycles. The molecule has 2 rings (SSSR count).